The number of morpholine rings is 1. The third-order valence-corrected chi connectivity index (χ3v) is 4.09. The normalized spacial score (nSPS) is 19.8. The molecule has 2 heterocycles. The quantitative estimate of drug-likeness (QED) is 0.863. The maximum atomic E-state index is 12.3. The van der Waals surface area contributed by atoms with Crippen LogP contribution in [-0.2, 0) is 4.74 Å². The van der Waals surface area contributed by atoms with Crippen molar-refractivity contribution in [3.63, 3.8) is 0 Å². The number of carbonyl (C=O) groups is 1. The number of ether oxygens (including phenoxy) is 2. The van der Waals surface area contributed by atoms with Crippen LogP contribution in [0.25, 0.3) is 0 Å². The van der Waals surface area contributed by atoms with E-state index in [1.54, 1.807) is 12.1 Å². The molecule has 144 valence electrons. The van der Waals surface area contributed by atoms with Crippen LogP contribution in [-0.4, -0.2) is 42.8 Å². The van der Waals surface area contributed by atoms with Gasteiger partial charge in [-0.15, -0.1) is 0 Å². The fraction of sp³-hybridized carbons (Fsp3) is 0.368. The van der Waals surface area contributed by atoms with Crippen LogP contribution in [0.5, 0.6) is 5.75 Å². The summed E-state index contributed by atoms with van der Waals surface area (Å²) in [7, 11) is 0. The highest BCUT2D eigenvalue weighted by molar-refractivity contribution is 6.04. The Bertz CT molecular complexity index is 759. The number of rotatable bonds is 5. The Morgan fingerprint density at radius 2 is 1.85 bits per heavy atom. The van der Waals surface area contributed by atoms with Crippen molar-refractivity contribution in [1.29, 1.82) is 0 Å². The highest BCUT2D eigenvalue weighted by Gasteiger charge is 2.23. The van der Waals surface area contributed by atoms with Crippen molar-refractivity contribution in [3.8, 4) is 5.75 Å². The number of hydrogen-bond donors (Lipinski definition) is 1. The summed E-state index contributed by atoms with van der Waals surface area (Å²) in [5.74, 6) is 0.491. The van der Waals surface area contributed by atoms with Crippen LogP contribution in [0.2, 0.25) is 0 Å². The van der Waals surface area contributed by atoms with Crippen LogP contribution in [0.4, 0.5) is 20.3 Å². The number of hydrogen-bond acceptors (Lipinski definition) is 5. The summed E-state index contributed by atoms with van der Waals surface area (Å²) in [4.78, 5) is 18.8. The third kappa shape index (κ3) is 5.13. The Balaban J connectivity index is 1.62. The lowest BCUT2D eigenvalue weighted by Crippen LogP contribution is -2.45. The number of benzene rings is 1. The van der Waals surface area contributed by atoms with Crippen LogP contribution in [0.15, 0.2) is 42.6 Å². The van der Waals surface area contributed by atoms with E-state index < -0.39 is 6.61 Å². The van der Waals surface area contributed by atoms with Crippen molar-refractivity contribution in [3.05, 3.63) is 48.2 Å². The number of amides is 1. The first kappa shape index (κ1) is 19.0. The van der Waals surface area contributed by atoms with E-state index in [0.29, 0.717) is 11.3 Å². The topological polar surface area (TPSA) is 63.7 Å². The second kappa shape index (κ2) is 8.30. The lowest BCUT2D eigenvalue weighted by atomic mass is 10.2. The Kier molecular flexibility index (Phi) is 5.85. The molecule has 1 aromatic heterocycles. The van der Waals surface area contributed by atoms with Crippen LogP contribution in [0.1, 0.15) is 24.2 Å². The molecule has 27 heavy (non-hydrogen) atoms. The highest BCUT2D eigenvalue weighted by atomic mass is 19.3. The summed E-state index contributed by atoms with van der Waals surface area (Å²) >= 11 is 0. The molecule has 0 aliphatic carbocycles. The highest BCUT2D eigenvalue weighted by Crippen LogP contribution is 2.20. The van der Waals surface area contributed by atoms with Crippen molar-refractivity contribution >= 4 is 17.4 Å². The Morgan fingerprint density at radius 1 is 1.19 bits per heavy atom. The average Bonchev–Trinajstić information content (AvgIpc) is 2.62. The molecule has 2 atom stereocenters. The van der Waals surface area contributed by atoms with Gasteiger partial charge in [-0.1, -0.05) is 0 Å². The van der Waals surface area contributed by atoms with Crippen LogP contribution in [0, 0.1) is 0 Å². The number of halogens is 2. The van der Waals surface area contributed by atoms with Gasteiger partial charge in [0.15, 0.2) is 0 Å². The summed E-state index contributed by atoms with van der Waals surface area (Å²) in [5.41, 5.74) is 0.877. The lowest BCUT2D eigenvalue weighted by Gasteiger charge is -2.36. The zero-order valence-corrected chi connectivity index (χ0v) is 15.1. The summed E-state index contributed by atoms with van der Waals surface area (Å²) in [6, 6.07) is 9.23. The van der Waals surface area contributed by atoms with Gasteiger partial charge >= 0.3 is 6.61 Å². The van der Waals surface area contributed by atoms with E-state index in [-0.39, 0.29) is 23.9 Å². The van der Waals surface area contributed by atoms with E-state index in [2.05, 4.69) is 19.9 Å². The van der Waals surface area contributed by atoms with Gasteiger partial charge < -0.3 is 19.7 Å². The molecule has 1 saturated heterocycles. The van der Waals surface area contributed by atoms with E-state index in [1.165, 1.54) is 30.5 Å². The predicted molar refractivity (Wildman–Crippen MR) is 97.5 cm³/mol. The fourth-order valence-electron chi connectivity index (χ4n) is 3.00. The number of anilines is 2. The van der Waals surface area contributed by atoms with Crippen molar-refractivity contribution in [1.82, 2.24) is 4.98 Å². The number of nitrogens with zero attached hydrogens (tertiary/aromatic N) is 2. The van der Waals surface area contributed by atoms with E-state index >= 15 is 0 Å². The zero-order chi connectivity index (χ0) is 19.4. The lowest BCUT2D eigenvalue weighted by molar-refractivity contribution is -0.0498. The number of pyridine rings is 1. The largest absolute Gasteiger partial charge is 0.435 e. The second-order valence-corrected chi connectivity index (χ2v) is 6.42. The van der Waals surface area contributed by atoms with Crippen molar-refractivity contribution in [2.45, 2.75) is 32.7 Å². The first-order valence-corrected chi connectivity index (χ1v) is 8.63. The molecule has 0 spiro atoms. The molecule has 1 amide bonds. The molecule has 3 rings (SSSR count). The zero-order valence-electron chi connectivity index (χ0n) is 15.1. The fourth-order valence-corrected chi connectivity index (χ4v) is 3.00. The summed E-state index contributed by atoms with van der Waals surface area (Å²) in [6.45, 7) is 2.64. The molecule has 8 heteroatoms. The van der Waals surface area contributed by atoms with Gasteiger partial charge in [0.05, 0.1) is 17.8 Å². The van der Waals surface area contributed by atoms with E-state index in [1.807, 2.05) is 13.8 Å². The standard InChI is InChI=1S/C19H21F2N3O3/c1-12-10-24(11-13(2)26-12)17-8-3-14(9-22-17)18(25)23-15-4-6-16(7-5-15)27-19(20)21/h3-9,12-13,19H,10-11H2,1-2H3,(H,23,25)/t12-,13-/m1/s1. The van der Waals surface area contributed by atoms with Gasteiger partial charge in [-0.05, 0) is 50.2 Å². The maximum Gasteiger partial charge on any atom is 0.387 e. The second-order valence-electron chi connectivity index (χ2n) is 6.42. The summed E-state index contributed by atoms with van der Waals surface area (Å²) < 4.78 is 34.3. The van der Waals surface area contributed by atoms with Crippen molar-refractivity contribution < 1.29 is 23.0 Å². The van der Waals surface area contributed by atoms with Crippen molar-refractivity contribution in [2.75, 3.05) is 23.3 Å². The molecule has 1 aromatic carbocycles. The minimum atomic E-state index is -2.88. The van der Waals surface area contributed by atoms with Crippen LogP contribution < -0.4 is 15.0 Å². The van der Waals surface area contributed by atoms with E-state index in [0.717, 1.165) is 18.9 Å². The molecule has 0 unspecified atom stereocenters. The minimum Gasteiger partial charge on any atom is -0.435 e. The molecule has 0 radical (unpaired) electrons. The molecule has 1 aliphatic rings. The number of alkyl halides is 2. The molecule has 0 saturated carbocycles. The van der Waals surface area contributed by atoms with Gasteiger partial charge in [0, 0.05) is 25.0 Å². The molecule has 1 N–H and O–H groups in total. The minimum absolute atomic E-state index is 0.0305. The van der Waals surface area contributed by atoms with Crippen molar-refractivity contribution in [2.24, 2.45) is 0 Å². The molecule has 0 bridgehead atoms. The first-order valence-electron chi connectivity index (χ1n) is 8.63. The van der Waals surface area contributed by atoms with Crippen LogP contribution in [0.3, 0.4) is 0 Å². The van der Waals surface area contributed by atoms with Gasteiger partial charge in [0.25, 0.3) is 5.91 Å². The molecule has 6 nitrogen and oxygen atoms in total. The monoisotopic (exact) mass is 377 g/mol. The van der Waals surface area contributed by atoms with Gasteiger partial charge in [-0.3, -0.25) is 4.79 Å². The predicted octanol–water partition coefficient (Wildman–Crippen LogP) is 3.55. The molecular formula is C19H21F2N3O3. The molecule has 2 aromatic rings. The first-order chi connectivity index (χ1) is 12.9. The smallest absolute Gasteiger partial charge is 0.387 e. The van der Waals surface area contributed by atoms with E-state index in [9.17, 15) is 13.6 Å². The van der Waals surface area contributed by atoms with Gasteiger partial charge in [-0.2, -0.15) is 8.78 Å². The maximum absolute atomic E-state index is 12.3. The molecule has 1 fully saturated rings. The van der Waals surface area contributed by atoms with E-state index in [4.69, 9.17) is 4.74 Å². The van der Waals surface area contributed by atoms with Gasteiger partial charge in [-0.25, -0.2) is 4.98 Å². The Morgan fingerprint density at radius 3 is 2.41 bits per heavy atom. The average molecular weight is 377 g/mol. The third-order valence-electron chi connectivity index (χ3n) is 4.09. The van der Waals surface area contributed by atoms with Gasteiger partial charge in [0.1, 0.15) is 11.6 Å². The Hall–Kier alpha value is -2.74. The van der Waals surface area contributed by atoms with Crippen LogP contribution >= 0.6 is 0 Å². The number of nitrogens with one attached hydrogen (secondary N) is 1. The van der Waals surface area contributed by atoms with Gasteiger partial charge in [0.2, 0.25) is 0 Å². The summed E-state index contributed by atoms with van der Waals surface area (Å²) in [5, 5.41) is 2.70. The molecular weight excluding hydrogens is 356 g/mol. The molecule has 1 aliphatic heterocycles. The SMILES string of the molecule is C[C@@H]1CN(c2ccc(C(=O)Nc3ccc(OC(F)F)cc3)cn2)C[C@@H](C)O1. The number of aromatic nitrogens is 1. The number of carbonyl (C=O) groups excluding carboxylic acids is 1. The summed E-state index contributed by atoms with van der Waals surface area (Å²) in [6.07, 6.45) is 1.76. The Labute approximate surface area is 156 Å².